The number of likely N-dealkylation sites (tertiary alicyclic amines) is 1. The van der Waals surface area contributed by atoms with E-state index in [1.54, 1.807) is 0 Å². The molecular formula is C17H31N3O. The van der Waals surface area contributed by atoms with Gasteiger partial charge in [0.1, 0.15) is 0 Å². The fourth-order valence-electron chi connectivity index (χ4n) is 4.44. The Morgan fingerprint density at radius 3 is 2.52 bits per heavy atom. The summed E-state index contributed by atoms with van der Waals surface area (Å²) in [7, 11) is 2.20. The average Bonchev–Trinajstić information content (AvgIpc) is 3.17. The molecule has 2 saturated heterocycles. The first-order valence-electron chi connectivity index (χ1n) is 8.84. The second kappa shape index (κ2) is 5.88. The van der Waals surface area contributed by atoms with E-state index in [9.17, 15) is 4.79 Å². The van der Waals surface area contributed by atoms with E-state index in [2.05, 4.69) is 36.0 Å². The van der Waals surface area contributed by atoms with Gasteiger partial charge in [0.15, 0.2) is 0 Å². The topological polar surface area (TPSA) is 35.6 Å². The number of nitrogens with one attached hydrogen (secondary N) is 1. The summed E-state index contributed by atoms with van der Waals surface area (Å²) in [5.74, 6) is 0.997. The van der Waals surface area contributed by atoms with Crippen molar-refractivity contribution >= 4 is 5.91 Å². The van der Waals surface area contributed by atoms with Crippen LogP contribution in [-0.4, -0.2) is 53.6 Å². The molecule has 1 saturated carbocycles. The Bertz CT molecular complexity index is 393. The van der Waals surface area contributed by atoms with Gasteiger partial charge in [-0.3, -0.25) is 10.1 Å². The number of carbonyl (C=O) groups excluding carboxylic acids is 1. The van der Waals surface area contributed by atoms with Gasteiger partial charge in [-0.15, -0.1) is 0 Å². The number of nitrogens with zero attached hydrogens (tertiary/aromatic N) is 2. The van der Waals surface area contributed by atoms with Gasteiger partial charge in [0.2, 0.25) is 5.91 Å². The number of rotatable bonds is 4. The van der Waals surface area contributed by atoms with Gasteiger partial charge in [0, 0.05) is 12.6 Å². The van der Waals surface area contributed by atoms with Crippen LogP contribution in [0.3, 0.4) is 0 Å². The first kappa shape index (κ1) is 15.3. The van der Waals surface area contributed by atoms with Gasteiger partial charge in [0.25, 0.3) is 0 Å². The van der Waals surface area contributed by atoms with Crippen molar-refractivity contribution < 1.29 is 4.79 Å². The van der Waals surface area contributed by atoms with E-state index in [0.29, 0.717) is 17.9 Å². The number of likely N-dealkylation sites (N-methyl/N-ethyl adjacent to an activating group) is 1. The quantitative estimate of drug-likeness (QED) is 0.863. The highest BCUT2D eigenvalue weighted by Crippen LogP contribution is 2.36. The summed E-state index contributed by atoms with van der Waals surface area (Å²) >= 11 is 0. The molecule has 0 radical (unpaired) electrons. The van der Waals surface area contributed by atoms with Crippen LogP contribution in [0.2, 0.25) is 0 Å². The Labute approximate surface area is 129 Å². The van der Waals surface area contributed by atoms with Crippen LogP contribution in [0.1, 0.15) is 58.8 Å². The zero-order valence-electron chi connectivity index (χ0n) is 13.9. The van der Waals surface area contributed by atoms with Gasteiger partial charge in [-0.05, 0) is 58.5 Å². The molecule has 0 aromatic rings. The average molecular weight is 293 g/mol. The van der Waals surface area contributed by atoms with Crippen molar-refractivity contribution in [3.8, 4) is 0 Å². The van der Waals surface area contributed by atoms with Crippen molar-refractivity contribution in [2.45, 2.75) is 76.5 Å². The number of hydrogen-bond acceptors (Lipinski definition) is 3. The fourth-order valence-corrected chi connectivity index (χ4v) is 4.44. The lowest BCUT2D eigenvalue weighted by Gasteiger charge is -2.32. The van der Waals surface area contributed by atoms with E-state index in [0.717, 1.165) is 13.0 Å². The summed E-state index contributed by atoms with van der Waals surface area (Å²) < 4.78 is 0. The smallest absolute Gasteiger partial charge is 0.243 e. The molecule has 3 unspecified atom stereocenters. The molecule has 1 N–H and O–H groups in total. The molecule has 4 nitrogen and oxygen atoms in total. The summed E-state index contributed by atoms with van der Waals surface area (Å²) in [6.07, 6.45) is 8.89. The summed E-state index contributed by atoms with van der Waals surface area (Å²) in [6.45, 7) is 6.32. The highest BCUT2D eigenvalue weighted by atomic mass is 16.2. The third-order valence-electron chi connectivity index (χ3n) is 6.17. The molecule has 120 valence electrons. The van der Waals surface area contributed by atoms with Crippen LogP contribution in [0.15, 0.2) is 0 Å². The van der Waals surface area contributed by atoms with E-state index >= 15 is 0 Å². The molecule has 2 aliphatic heterocycles. The monoisotopic (exact) mass is 293 g/mol. The van der Waals surface area contributed by atoms with Gasteiger partial charge in [-0.2, -0.15) is 0 Å². The molecule has 3 aliphatic rings. The van der Waals surface area contributed by atoms with Crippen LogP contribution >= 0.6 is 0 Å². The minimum absolute atomic E-state index is 0.277. The molecule has 3 atom stereocenters. The summed E-state index contributed by atoms with van der Waals surface area (Å²) in [5, 5.41) is 3.71. The second-order valence-corrected chi connectivity index (χ2v) is 7.55. The minimum Gasteiger partial charge on any atom is -0.324 e. The van der Waals surface area contributed by atoms with Crippen LogP contribution in [0.25, 0.3) is 0 Å². The van der Waals surface area contributed by atoms with Crippen LogP contribution in [-0.2, 0) is 4.79 Å². The van der Waals surface area contributed by atoms with Gasteiger partial charge < -0.3 is 9.80 Å². The zero-order chi connectivity index (χ0) is 15.0. The highest BCUT2D eigenvalue weighted by Gasteiger charge is 2.50. The van der Waals surface area contributed by atoms with Crippen molar-refractivity contribution in [3.05, 3.63) is 0 Å². The third-order valence-corrected chi connectivity index (χ3v) is 6.17. The largest absolute Gasteiger partial charge is 0.324 e. The maximum atomic E-state index is 13.0. The molecule has 21 heavy (non-hydrogen) atoms. The van der Waals surface area contributed by atoms with Crippen LogP contribution in [0, 0.1) is 5.92 Å². The molecule has 3 fully saturated rings. The Morgan fingerprint density at radius 1 is 1.24 bits per heavy atom. The maximum Gasteiger partial charge on any atom is 0.243 e. The predicted octanol–water partition coefficient (Wildman–Crippen LogP) is 2.20. The molecule has 1 aliphatic carbocycles. The van der Waals surface area contributed by atoms with Crippen molar-refractivity contribution in [2.24, 2.45) is 5.92 Å². The Balaban J connectivity index is 1.77. The predicted molar refractivity (Wildman–Crippen MR) is 84.9 cm³/mol. The van der Waals surface area contributed by atoms with Crippen molar-refractivity contribution in [1.29, 1.82) is 0 Å². The van der Waals surface area contributed by atoms with Crippen LogP contribution in [0.4, 0.5) is 0 Å². The third kappa shape index (κ3) is 2.72. The summed E-state index contributed by atoms with van der Waals surface area (Å²) in [4.78, 5) is 17.6. The Kier molecular flexibility index (Phi) is 4.28. The molecular weight excluding hydrogens is 262 g/mol. The lowest BCUT2D eigenvalue weighted by molar-refractivity contribution is -0.134. The van der Waals surface area contributed by atoms with Crippen LogP contribution in [0.5, 0.6) is 0 Å². The normalized spacial score (nSPS) is 38.8. The van der Waals surface area contributed by atoms with E-state index in [1.807, 2.05) is 0 Å². The standard InChI is InChI=1S/C17H31N3O/c1-4-17(2)16(21)20(12-14-10-7-11-19(14)3)15(18-17)13-8-5-6-9-13/h13-15,18H,4-12H2,1-3H3. The molecule has 2 heterocycles. The lowest BCUT2D eigenvalue weighted by Crippen LogP contribution is -2.47. The summed E-state index contributed by atoms with van der Waals surface area (Å²) in [6, 6.07) is 0.554. The Morgan fingerprint density at radius 2 is 1.95 bits per heavy atom. The van der Waals surface area contributed by atoms with Crippen LogP contribution < -0.4 is 5.32 Å². The molecule has 0 bridgehead atoms. The second-order valence-electron chi connectivity index (χ2n) is 7.55. The van der Waals surface area contributed by atoms with Gasteiger partial charge in [0.05, 0.1) is 11.7 Å². The first-order valence-corrected chi connectivity index (χ1v) is 8.84. The molecule has 0 spiro atoms. The van der Waals surface area contributed by atoms with Gasteiger partial charge >= 0.3 is 0 Å². The van der Waals surface area contributed by atoms with E-state index in [1.165, 1.54) is 45.1 Å². The minimum atomic E-state index is -0.343. The molecule has 0 aromatic heterocycles. The Hall–Kier alpha value is -0.610. The SMILES string of the molecule is CCC1(C)NC(C2CCCC2)N(CC2CCCN2C)C1=O. The van der Waals surface area contributed by atoms with Gasteiger partial charge in [-0.25, -0.2) is 0 Å². The zero-order valence-corrected chi connectivity index (χ0v) is 13.9. The number of hydrogen-bond donors (Lipinski definition) is 1. The van der Waals surface area contributed by atoms with Crippen molar-refractivity contribution in [2.75, 3.05) is 20.1 Å². The van der Waals surface area contributed by atoms with Crippen molar-refractivity contribution in [3.63, 3.8) is 0 Å². The van der Waals surface area contributed by atoms with Gasteiger partial charge in [-0.1, -0.05) is 19.8 Å². The number of carbonyl (C=O) groups is 1. The molecule has 3 rings (SSSR count). The number of amides is 1. The van der Waals surface area contributed by atoms with E-state index in [-0.39, 0.29) is 11.7 Å². The summed E-state index contributed by atoms with van der Waals surface area (Å²) in [5.41, 5.74) is -0.343. The highest BCUT2D eigenvalue weighted by molar-refractivity contribution is 5.88. The molecule has 1 amide bonds. The fraction of sp³-hybridized carbons (Fsp3) is 0.941. The van der Waals surface area contributed by atoms with E-state index in [4.69, 9.17) is 0 Å². The maximum absolute atomic E-state index is 13.0. The van der Waals surface area contributed by atoms with E-state index < -0.39 is 0 Å². The molecule has 4 heteroatoms. The lowest BCUT2D eigenvalue weighted by atomic mass is 9.99. The molecule has 0 aromatic carbocycles. The first-order chi connectivity index (χ1) is 10.0. The van der Waals surface area contributed by atoms with Crippen molar-refractivity contribution in [1.82, 2.24) is 15.1 Å².